The van der Waals surface area contributed by atoms with Crippen LogP contribution in [0.3, 0.4) is 0 Å². The molecule has 0 aliphatic heterocycles. The van der Waals surface area contributed by atoms with Crippen molar-refractivity contribution in [3.05, 3.63) is 16.1 Å². The number of hydrogen-bond acceptors (Lipinski definition) is 5. The van der Waals surface area contributed by atoms with Crippen LogP contribution in [0.2, 0.25) is 0 Å². The molecule has 0 aliphatic carbocycles. The summed E-state index contributed by atoms with van der Waals surface area (Å²) in [4.78, 5) is 29.7. The van der Waals surface area contributed by atoms with E-state index in [9.17, 15) is 9.59 Å². The number of carbonyl (C=O) groups is 2. The van der Waals surface area contributed by atoms with E-state index in [-0.39, 0.29) is 6.03 Å². The molecule has 1 N–H and O–H groups in total. The average molecular weight is 327 g/mol. The second-order valence-corrected chi connectivity index (χ2v) is 5.80. The number of nitrogens with zero attached hydrogens (tertiary/aromatic N) is 2. The minimum Gasteiger partial charge on any atom is -0.461 e. The van der Waals surface area contributed by atoms with Gasteiger partial charge in [0.25, 0.3) is 0 Å². The summed E-state index contributed by atoms with van der Waals surface area (Å²) in [5, 5.41) is 5.32. The number of aromatic nitrogens is 1. The van der Waals surface area contributed by atoms with Crippen molar-refractivity contribution >= 4 is 23.3 Å². The zero-order valence-corrected chi connectivity index (χ0v) is 14.4. The summed E-state index contributed by atoms with van der Waals surface area (Å²) >= 11 is 1.37. The molecule has 2 amide bonds. The lowest BCUT2D eigenvalue weighted by molar-refractivity contribution is 0.0520. The largest absolute Gasteiger partial charge is 0.461 e. The van der Waals surface area contributed by atoms with Gasteiger partial charge in [0.05, 0.1) is 13.2 Å². The van der Waals surface area contributed by atoms with Gasteiger partial charge in [-0.15, -0.1) is 11.3 Å². The van der Waals surface area contributed by atoms with E-state index in [0.717, 1.165) is 24.3 Å². The van der Waals surface area contributed by atoms with Crippen LogP contribution in [0.1, 0.15) is 55.5 Å². The van der Waals surface area contributed by atoms with Gasteiger partial charge in [-0.1, -0.05) is 20.3 Å². The number of rotatable bonds is 9. The molecule has 22 heavy (non-hydrogen) atoms. The van der Waals surface area contributed by atoms with Gasteiger partial charge in [-0.25, -0.2) is 14.6 Å². The van der Waals surface area contributed by atoms with Crippen molar-refractivity contribution in [1.82, 2.24) is 15.2 Å². The maximum atomic E-state index is 12.2. The number of urea groups is 1. The van der Waals surface area contributed by atoms with Crippen LogP contribution in [-0.2, 0) is 11.3 Å². The van der Waals surface area contributed by atoms with Crippen LogP contribution in [-0.4, -0.2) is 41.6 Å². The van der Waals surface area contributed by atoms with Crippen LogP contribution in [0.15, 0.2) is 5.38 Å². The summed E-state index contributed by atoms with van der Waals surface area (Å²) in [5.41, 5.74) is 0.310. The SMILES string of the molecule is CCCCNC(=O)N(CCC)Cc1nc(C(=O)OCC)cs1. The maximum absolute atomic E-state index is 12.2. The molecule has 0 aliphatic rings. The summed E-state index contributed by atoms with van der Waals surface area (Å²) in [6.45, 7) is 7.95. The molecular weight excluding hydrogens is 302 g/mol. The van der Waals surface area contributed by atoms with Gasteiger partial charge in [-0.2, -0.15) is 0 Å². The molecule has 1 aromatic heterocycles. The van der Waals surface area contributed by atoms with Gasteiger partial charge in [-0.05, 0) is 19.8 Å². The number of hydrogen-bond donors (Lipinski definition) is 1. The highest BCUT2D eigenvalue weighted by Gasteiger charge is 2.17. The van der Waals surface area contributed by atoms with Crippen LogP contribution in [0, 0.1) is 0 Å². The van der Waals surface area contributed by atoms with Crippen LogP contribution in [0.25, 0.3) is 0 Å². The Hall–Kier alpha value is -1.63. The maximum Gasteiger partial charge on any atom is 0.357 e. The first-order valence-corrected chi connectivity index (χ1v) is 8.64. The molecule has 0 saturated carbocycles. The minimum atomic E-state index is -0.417. The van der Waals surface area contributed by atoms with E-state index in [1.54, 1.807) is 17.2 Å². The van der Waals surface area contributed by atoms with Crippen LogP contribution < -0.4 is 5.32 Å². The molecule has 1 aromatic rings. The highest BCUT2D eigenvalue weighted by atomic mass is 32.1. The topological polar surface area (TPSA) is 71.5 Å². The number of nitrogens with one attached hydrogen (secondary N) is 1. The Morgan fingerprint density at radius 1 is 1.32 bits per heavy atom. The number of amides is 2. The first-order valence-electron chi connectivity index (χ1n) is 7.76. The van der Waals surface area contributed by atoms with E-state index in [4.69, 9.17) is 4.74 Å². The van der Waals surface area contributed by atoms with E-state index in [2.05, 4.69) is 17.2 Å². The van der Waals surface area contributed by atoms with Crippen molar-refractivity contribution in [2.24, 2.45) is 0 Å². The highest BCUT2D eigenvalue weighted by molar-refractivity contribution is 7.09. The second kappa shape index (κ2) is 10.2. The summed E-state index contributed by atoms with van der Waals surface area (Å²) < 4.78 is 4.92. The van der Waals surface area contributed by atoms with Gasteiger partial charge in [0, 0.05) is 18.5 Å². The van der Waals surface area contributed by atoms with E-state index < -0.39 is 5.97 Å². The molecule has 0 saturated heterocycles. The lowest BCUT2D eigenvalue weighted by Gasteiger charge is -2.21. The molecule has 0 radical (unpaired) electrons. The van der Waals surface area contributed by atoms with Gasteiger partial charge in [0.2, 0.25) is 0 Å². The number of esters is 1. The Balaban J connectivity index is 2.62. The number of carbonyl (C=O) groups excluding carboxylic acids is 2. The molecule has 0 aromatic carbocycles. The Morgan fingerprint density at radius 2 is 2.09 bits per heavy atom. The fraction of sp³-hybridized carbons (Fsp3) is 0.667. The molecule has 124 valence electrons. The molecule has 0 unspecified atom stereocenters. The third kappa shape index (κ3) is 6.01. The molecule has 0 bridgehead atoms. The van der Waals surface area contributed by atoms with Crippen LogP contribution >= 0.6 is 11.3 Å². The quantitative estimate of drug-likeness (QED) is 0.559. The predicted octanol–water partition coefficient (Wildman–Crippen LogP) is 3.04. The molecule has 0 atom stereocenters. The molecule has 1 rings (SSSR count). The zero-order valence-electron chi connectivity index (χ0n) is 13.6. The highest BCUT2D eigenvalue weighted by Crippen LogP contribution is 2.14. The van der Waals surface area contributed by atoms with Crippen molar-refractivity contribution in [3.8, 4) is 0 Å². The van der Waals surface area contributed by atoms with E-state index in [1.807, 2.05) is 6.92 Å². The molecule has 7 heteroatoms. The summed E-state index contributed by atoms with van der Waals surface area (Å²) in [6, 6.07) is -0.0804. The standard InChI is InChI=1S/C15H25N3O3S/c1-4-7-8-16-15(20)18(9-5-2)10-13-17-12(11-22-13)14(19)21-6-3/h11H,4-10H2,1-3H3,(H,16,20). The summed E-state index contributed by atoms with van der Waals surface area (Å²) in [6.07, 6.45) is 2.89. The normalized spacial score (nSPS) is 10.3. The smallest absolute Gasteiger partial charge is 0.357 e. The van der Waals surface area contributed by atoms with Crippen molar-refractivity contribution in [1.29, 1.82) is 0 Å². The lowest BCUT2D eigenvalue weighted by atomic mass is 10.3. The van der Waals surface area contributed by atoms with Crippen molar-refractivity contribution in [3.63, 3.8) is 0 Å². The third-order valence-corrected chi connectivity index (χ3v) is 3.78. The summed E-state index contributed by atoms with van der Waals surface area (Å²) in [7, 11) is 0. The Morgan fingerprint density at radius 3 is 2.73 bits per heavy atom. The van der Waals surface area contributed by atoms with Crippen LogP contribution in [0.4, 0.5) is 4.79 Å². The summed E-state index contributed by atoms with van der Waals surface area (Å²) in [5.74, 6) is -0.417. The Kier molecular flexibility index (Phi) is 8.50. The van der Waals surface area contributed by atoms with Crippen molar-refractivity contribution < 1.29 is 14.3 Å². The Bertz CT molecular complexity index is 476. The minimum absolute atomic E-state index is 0.0804. The van der Waals surface area contributed by atoms with Gasteiger partial charge in [0.15, 0.2) is 5.69 Å². The van der Waals surface area contributed by atoms with Gasteiger partial charge >= 0.3 is 12.0 Å². The average Bonchev–Trinajstić information content (AvgIpc) is 2.96. The first kappa shape index (κ1) is 18.4. The fourth-order valence-electron chi connectivity index (χ4n) is 1.85. The lowest BCUT2D eigenvalue weighted by Crippen LogP contribution is -2.40. The van der Waals surface area contributed by atoms with E-state index >= 15 is 0 Å². The van der Waals surface area contributed by atoms with Crippen molar-refractivity contribution in [2.75, 3.05) is 19.7 Å². The first-order chi connectivity index (χ1) is 10.6. The zero-order chi connectivity index (χ0) is 16.4. The number of thiazole rings is 1. The van der Waals surface area contributed by atoms with Gasteiger partial charge in [-0.3, -0.25) is 0 Å². The monoisotopic (exact) mass is 327 g/mol. The Labute approximate surface area is 135 Å². The van der Waals surface area contributed by atoms with E-state index in [0.29, 0.717) is 31.9 Å². The second-order valence-electron chi connectivity index (χ2n) is 4.85. The predicted molar refractivity (Wildman–Crippen MR) is 87.1 cm³/mol. The fourth-order valence-corrected chi connectivity index (χ4v) is 2.63. The molecule has 6 nitrogen and oxygen atoms in total. The number of unbranched alkanes of at least 4 members (excludes halogenated alkanes) is 1. The van der Waals surface area contributed by atoms with Crippen molar-refractivity contribution in [2.45, 2.75) is 46.6 Å². The number of ether oxygens (including phenoxy) is 1. The molecule has 0 fully saturated rings. The van der Waals surface area contributed by atoms with Gasteiger partial charge in [0.1, 0.15) is 5.01 Å². The molecular formula is C15H25N3O3S. The third-order valence-electron chi connectivity index (χ3n) is 2.95. The molecule has 1 heterocycles. The van der Waals surface area contributed by atoms with Crippen LogP contribution in [0.5, 0.6) is 0 Å². The molecule has 0 spiro atoms. The van der Waals surface area contributed by atoms with E-state index in [1.165, 1.54) is 11.3 Å². The van der Waals surface area contributed by atoms with Gasteiger partial charge < -0.3 is 15.0 Å².